The Kier molecular flexibility index (Phi) is 10.6. The molecule has 1 aliphatic heterocycles. The highest BCUT2D eigenvalue weighted by molar-refractivity contribution is 6.08. The summed E-state index contributed by atoms with van der Waals surface area (Å²) in [6, 6.07) is 33.5. The van der Waals surface area contributed by atoms with Crippen molar-refractivity contribution in [3.05, 3.63) is 114 Å². The van der Waals surface area contributed by atoms with Crippen molar-refractivity contribution in [3.63, 3.8) is 0 Å². The van der Waals surface area contributed by atoms with Crippen LogP contribution in [0.5, 0.6) is 11.5 Å². The number of carbonyl (C=O) groups is 1. The molecule has 238 valence electrons. The predicted molar refractivity (Wildman–Crippen MR) is 190 cm³/mol. The fourth-order valence-corrected chi connectivity index (χ4v) is 5.97. The lowest BCUT2D eigenvalue weighted by Crippen LogP contribution is -2.47. The van der Waals surface area contributed by atoms with Crippen LogP contribution in [0.1, 0.15) is 11.3 Å². The first kappa shape index (κ1) is 32.6. The Balaban J connectivity index is 0.00000417. The molecule has 0 spiro atoms. The largest absolute Gasteiger partial charge is 0.495 e. The minimum Gasteiger partial charge on any atom is -0.495 e. The summed E-state index contributed by atoms with van der Waals surface area (Å²) in [6.45, 7) is 6.90. The molecule has 0 unspecified atom stereocenters. The van der Waals surface area contributed by atoms with Gasteiger partial charge in [-0.2, -0.15) is 0 Å². The maximum atomic E-state index is 13.9. The summed E-state index contributed by atoms with van der Waals surface area (Å²) >= 11 is 0. The summed E-state index contributed by atoms with van der Waals surface area (Å²) in [5.74, 6) is 1.19. The van der Waals surface area contributed by atoms with Crippen LogP contribution in [-0.2, 0) is 6.42 Å². The topological polar surface area (TPSA) is 70.2 Å². The second-order valence-electron chi connectivity index (χ2n) is 11.2. The average Bonchev–Trinajstić information content (AvgIpc) is 3.08. The van der Waals surface area contributed by atoms with Crippen LogP contribution in [0.3, 0.4) is 0 Å². The molecular weight excluding hydrogens is 598 g/mol. The third-order valence-electron chi connectivity index (χ3n) is 8.32. The van der Waals surface area contributed by atoms with Gasteiger partial charge in [-0.25, -0.2) is 4.79 Å². The third kappa shape index (κ3) is 7.19. The maximum Gasteiger partial charge on any atom is 0.331 e. The zero-order chi connectivity index (χ0) is 31.2. The third-order valence-corrected chi connectivity index (χ3v) is 8.32. The number of benzene rings is 4. The lowest BCUT2D eigenvalue weighted by atomic mass is 10.1. The van der Waals surface area contributed by atoms with E-state index in [1.54, 1.807) is 19.1 Å². The number of pyridine rings is 1. The molecule has 4 aromatic carbocycles. The number of aromatic nitrogens is 1. The Labute approximate surface area is 277 Å². The van der Waals surface area contributed by atoms with Gasteiger partial charge in [0.05, 0.1) is 36.8 Å². The number of urea groups is 1. The first-order valence-corrected chi connectivity index (χ1v) is 15.3. The number of halogens is 1. The fourth-order valence-electron chi connectivity index (χ4n) is 5.97. The predicted octanol–water partition coefficient (Wildman–Crippen LogP) is 7.72. The number of rotatable bonds is 9. The number of amides is 2. The van der Waals surface area contributed by atoms with E-state index in [1.807, 2.05) is 67.6 Å². The van der Waals surface area contributed by atoms with Crippen molar-refractivity contribution in [3.8, 4) is 11.5 Å². The number of para-hydroxylation sites is 4. The summed E-state index contributed by atoms with van der Waals surface area (Å²) in [4.78, 5) is 25.3. The maximum absolute atomic E-state index is 13.9. The number of nitrogens with zero attached hydrogens (tertiary/aromatic N) is 4. The van der Waals surface area contributed by atoms with Gasteiger partial charge in [0.15, 0.2) is 0 Å². The van der Waals surface area contributed by atoms with E-state index < -0.39 is 0 Å². The molecule has 0 bridgehead atoms. The molecule has 0 aliphatic carbocycles. The molecule has 0 saturated carbocycles. The standard InChI is InChI=1S/C37H39N5O3.ClH/c1-27-18-19-30-31(38-27)13-9-15-33(30)41-24-22-40(23-25-41)21-20-28-10-8-11-29(26-28)42(34-14-5-7-17-36(34)45-3)37(43)39-32-12-4-6-16-35(32)44-2;/h4-19,26H,20-25H2,1-3H3,(H,39,43);1H. The zero-order valence-electron chi connectivity index (χ0n) is 26.5. The van der Waals surface area contributed by atoms with Crippen LogP contribution in [0.4, 0.5) is 27.5 Å². The molecule has 1 fully saturated rings. The summed E-state index contributed by atoms with van der Waals surface area (Å²) < 4.78 is 11.1. The number of nitrogens with one attached hydrogen (secondary N) is 1. The quantitative estimate of drug-likeness (QED) is 0.178. The van der Waals surface area contributed by atoms with Crippen molar-refractivity contribution in [2.75, 3.05) is 62.1 Å². The molecule has 5 aromatic rings. The second kappa shape index (κ2) is 15.0. The first-order valence-electron chi connectivity index (χ1n) is 15.3. The molecule has 9 heteroatoms. The number of ether oxygens (including phenoxy) is 2. The van der Waals surface area contributed by atoms with Gasteiger partial charge in [-0.3, -0.25) is 14.8 Å². The number of hydrogen-bond acceptors (Lipinski definition) is 6. The van der Waals surface area contributed by atoms with Crippen molar-refractivity contribution in [1.82, 2.24) is 9.88 Å². The molecule has 1 aromatic heterocycles. The van der Waals surface area contributed by atoms with Gasteiger partial charge >= 0.3 is 6.03 Å². The monoisotopic (exact) mass is 637 g/mol. The van der Waals surface area contributed by atoms with Gasteiger partial charge in [0.25, 0.3) is 0 Å². The number of hydrogen-bond donors (Lipinski definition) is 1. The summed E-state index contributed by atoms with van der Waals surface area (Å²) in [5.41, 5.74) is 6.51. The van der Waals surface area contributed by atoms with E-state index >= 15 is 0 Å². The smallest absolute Gasteiger partial charge is 0.331 e. The molecule has 1 saturated heterocycles. The normalized spacial score (nSPS) is 13.2. The molecule has 2 amide bonds. The van der Waals surface area contributed by atoms with Crippen LogP contribution in [-0.4, -0.2) is 62.9 Å². The molecule has 1 aliphatic rings. The summed E-state index contributed by atoms with van der Waals surface area (Å²) in [6.07, 6.45) is 0.874. The molecular formula is C37H40ClN5O3. The van der Waals surface area contributed by atoms with Gasteiger partial charge in [-0.05, 0) is 79.6 Å². The number of methoxy groups -OCH3 is 2. The molecule has 1 N–H and O–H groups in total. The van der Waals surface area contributed by atoms with Crippen LogP contribution in [0.2, 0.25) is 0 Å². The first-order chi connectivity index (χ1) is 22.0. The zero-order valence-corrected chi connectivity index (χ0v) is 27.3. The Morgan fingerprint density at radius 2 is 1.54 bits per heavy atom. The lowest BCUT2D eigenvalue weighted by Gasteiger charge is -2.36. The van der Waals surface area contributed by atoms with Gasteiger partial charge in [0.1, 0.15) is 11.5 Å². The molecule has 8 nitrogen and oxygen atoms in total. The van der Waals surface area contributed by atoms with Crippen molar-refractivity contribution >= 4 is 52.1 Å². The molecule has 0 atom stereocenters. The SMILES string of the molecule is COc1ccccc1NC(=O)N(c1cccc(CCN2CCN(c3cccc4nc(C)ccc34)CC2)c1)c1ccccc1OC.Cl. The Morgan fingerprint density at radius 1 is 0.826 bits per heavy atom. The van der Waals surface area contributed by atoms with E-state index in [1.165, 1.54) is 11.1 Å². The number of piperazine rings is 1. The highest BCUT2D eigenvalue weighted by Gasteiger charge is 2.23. The number of anilines is 4. The van der Waals surface area contributed by atoms with Crippen LogP contribution in [0.25, 0.3) is 10.9 Å². The van der Waals surface area contributed by atoms with Crippen LogP contribution in [0, 0.1) is 6.92 Å². The molecule has 0 radical (unpaired) electrons. The van der Waals surface area contributed by atoms with E-state index in [0.29, 0.717) is 22.9 Å². The highest BCUT2D eigenvalue weighted by atomic mass is 35.5. The van der Waals surface area contributed by atoms with E-state index in [4.69, 9.17) is 14.5 Å². The highest BCUT2D eigenvalue weighted by Crippen LogP contribution is 2.35. The molecule has 6 rings (SSSR count). The van der Waals surface area contributed by atoms with Gasteiger partial charge in [0, 0.05) is 49.5 Å². The lowest BCUT2D eigenvalue weighted by molar-refractivity contribution is 0.258. The Morgan fingerprint density at radius 3 is 2.33 bits per heavy atom. The minimum absolute atomic E-state index is 0. The van der Waals surface area contributed by atoms with Crippen LogP contribution >= 0.6 is 12.4 Å². The number of aryl methyl sites for hydroxylation is 1. The minimum atomic E-state index is -0.309. The van der Waals surface area contributed by atoms with E-state index in [2.05, 4.69) is 57.6 Å². The summed E-state index contributed by atoms with van der Waals surface area (Å²) in [7, 11) is 3.21. The summed E-state index contributed by atoms with van der Waals surface area (Å²) in [5, 5.41) is 4.24. The van der Waals surface area contributed by atoms with Gasteiger partial charge < -0.3 is 19.7 Å². The Bertz CT molecular complexity index is 1790. The fraction of sp³-hybridized carbons (Fsp3) is 0.243. The van der Waals surface area contributed by atoms with Gasteiger partial charge in [-0.15, -0.1) is 12.4 Å². The van der Waals surface area contributed by atoms with Crippen molar-refractivity contribution < 1.29 is 14.3 Å². The van der Waals surface area contributed by atoms with E-state index in [9.17, 15) is 4.79 Å². The van der Waals surface area contributed by atoms with Gasteiger partial charge in [0.2, 0.25) is 0 Å². The van der Waals surface area contributed by atoms with Gasteiger partial charge in [-0.1, -0.05) is 42.5 Å². The number of fused-ring (bicyclic) bond motifs is 1. The van der Waals surface area contributed by atoms with E-state index in [0.717, 1.165) is 61.6 Å². The Hall–Kier alpha value is -4.79. The van der Waals surface area contributed by atoms with Crippen molar-refractivity contribution in [2.45, 2.75) is 13.3 Å². The second-order valence-corrected chi connectivity index (χ2v) is 11.2. The average molecular weight is 638 g/mol. The number of carbonyl (C=O) groups excluding carboxylic acids is 1. The van der Waals surface area contributed by atoms with E-state index in [-0.39, 0.29) is 18.4 Å². The van der Waals surface area contributed by atoms with Crippen molar-refractivity contribution in [1.29, 1.82) is 0 Å². The van der Waals surface area contributed by atoms with Crippen LogP contribution in [0.15, 0.2) is 103 Å². The van der Waals surface area contributed by atoms with Crippen LogP contribution < -0.4 is 24.6 Å². The van der Waals surface area contributed by atoms with Crippen molar-refractivity contribution in [2.24, 2.45) is 0 Å². The molecule has 2 heterocycles. The molecule has 46 heavy (non-hydrogen) atoms.